The summed E-state index contributed by atoms with van der Waals surface area (Å²) in [4.78, 5) is 12.2. The number of nitrogens with zero attached hydrogens (tertiary/aromatic N) is 2. The van der Waals surface area contributed by atoms with Gasteiger partial charge in [-0.2, -0.15) is 0 Å². The summed E-state index contributed by atoms with van der Waals surface area (Å²) in [7, 11) is 0. The van der Waals surface area contributed by atoms with Crippen molar-refractivity contribution in [1.29, 1.82) is 0 Å². The molecule has 0 aromatic carbocycles. The van der Waals surface area contributed by atoms with Crippen LogP contribution in [0.5, 0.6) is 0 Å². The lowest BCUT2D eigenvalue weighted by Gasteiger charge is -2.15. The molecule has 2 aromatic rings. The van der Waals surface area contributed by atoms with Crippen molar-refractivity contribution in [1.82, 2.24) is 15.5 Å². The fraction of sp³-hybridized carbons (Fsp3) is 0.533. The van der Waals surface area contributed by atoms with Gasteiger partial charge in [0.1, 0.15) is 5.76 Å². The van der Waals surface area contributed by atoms with Crippen LogP contribution in [0.2, 0.25) is 0 Å². The molecule has 0 radical (unpaired) electrons. The Morgan fingerprint density at radius 1 is 1.48 bits per heavy atom. The van der Waals surface area contributed by atoms with Crippen molar-refractivity contribution >= 4 is 34.1 Å². The predicted molar refractivity (Wildman–Crippen MR) is 91.7 cm³/mol. The molecular formula is C15H20N4O2S2. The molecule has 6 nitrogen and oxygen atoms in total. The Bertz CT molecular complexity index is 623. The molecule has 1 saturated carbocycles. The van der Waals surface area contributed by atoms with E-state index < -0.39 is 0 Å². The first-order chi connectivity index (χ1) is 11.2. The molecule has 1 amide bonds. The second-order valence-corrected chi connectivity index (χ2v) is 8.12. The molecule has 1 atom stereocenters. The normalized spacial score (nSPS) is 16.4. The fourth-order valence-corrected chi connectivity index (χ4v) is 4.40. The van der Waals surface area contributed by atoms with Gasteiger partial charge in [0.2, 0.25) is 11.0 Å². The van der Waals surface area contributed by atoms with Crippen LogP contribution in [0.15, 0.2) is 27.2 Å². The summed E-state index contributed by atoms with van der Waals surface area (Å²) in [5, 5.41) is 15.1. The average Bonchev–Trinajstić information content (AvgIpc) is 3.28. The molecule has 1 aliphatic rings. The van der Waals surface area contributed by atoms with Crippen LogP contribution < -0.4 is 10.6 Å². The van der Waals surface area contributed by atoms with Crippen molar-refractivity contribution in [3.63, 3.8) is 0 Å². The zero-order valence-corrected chi connectivity index (χ0v) is 14.6. The molecule has 0 saturated heterocycles. The maximum absolute atomic E-state index is 12.2. The van der Waals surface area contributed by atoms with Crippen LogP contribution in [0, 0.1) is 0 Å². The van der Waals surface area contributed by atoms with Crippen molar-refractivity contribution in [2.75, 3.05) is 5.32 Å². The van der Waals surface area contributed by atoms with Crippen molar-refractivity contribution < 1.29 is 9.21 Å². The number of carbonyl (C=O) groups is 1. The molecule has 0 bridgehead atoms. The van der Waals surface area contributed by atoms with E-state index in [0.29, 0.717) is 12.6 Å². The smallest absolute Gasteiger partial charge is 0.233 e. The van der Waals surface area contributed by atoms with Crippen molar-refractivity contribution in [2.45, 2.75) is 54.8 Å². The first-order valence-corrected chi connectivity index (χ1v) is 9.47. The largest absolute Gasteiger partial charge is 0.467 e. The number of hydrogen-bond donors (Lipinski definition) is 2. The molecule has 2 N–H and O–H groups in total. The van der Waals surface area contributed by atoms with E-state index in [-0.39, 0.29) is 11.2 Å². The minimum absolute atomic E-state index is 0.0854. The lowest BCUT2D eigenvalue weighted by atomic mass is 10.2. The summed E-state index contributed by atoms with van der Waals surface area (Å²) < 4.78 is 6.05. The third-order valence-corrected chi connectivity index (χ3v) is 5.81. The van der Waals surface area contributed by atoms with Gasteiger partial charge in [0.15, 0.2) is 4.34 Å². The second-order valence-electron chi connectivity index (χ2n) is 5.56. The van der Waals surface area contributed by atoms with Gasteiger partial charge < -0.3 is 15.1 Å². The Balaban J connectivity index is 1.46. The van der Waals surface area contributed by atoms with E-state index in [1.165, 1.54) is 35.9 Å². The predicted octanol–water partition coefficient (Wildman–Crippen LogP) is 3.28. The van der Waals surface area contributed by atoms with Crippen molar-refractivity contribution in [2.24, 2.45) is 0 Å². The molecule has 8 heteroatoms. The quantitative estimate of drug-likeness (QED) is 0.745. The van der Waals surface area contributed by atoms with Gasteiger partial charge in [-0.15, -0.1) is 10.2 Å². The van der Waals surface area contributed by atoms with Gasteiger partial charge in [-0.1, -0.05) is 35.9 Å². The van der Waals surface area contributed by atoms with E-state index in [4.69, 9.17) is 4.42 Å². The highest BCUT2D eigenvalue weighted by atomic mass is 32.2. The summed E-state index contributed by atoms with van der Waals surface area (Å²) >= 11 is 2.90. The lowest BCUT2D eigenvalue weighted by molar-refractivity contribution is -0.120. The third kappa shape index (κ3) is 4.71. The highest BCUT2D eigenvalue weighted by Gasteiger charge is 2.22. The van der Waals surface area contributed by atoms with E-state index in [1.54, 1.807) is 6.26 Å². The number of furan rings is 1. The number of nitrogens with one attached hydrogen (secondary N) is 2. The van der Waals surface area contributed by atoms with E-state index in [1.807, 2.05) is 19.1 Å². The molecule has 0 unspecified atom stereocenters. The van der Waals surface area contributed by atoms with Crippen LogP contribution in [0.4, 0.5) is 5.13 Å². The average molecular weight is 352 g/mol. The minimum atomic E-state index is -0.165. The van der Waals surface area contributed by atoms with Gasteiger partial charge in [0.25, 0.3) is 0 Å². The van der Waals surface area contributed by atoms with Crippen LogP contribution in [0.25, 0.3) is 0 Å². The lowest BCUT2D eigenvalue weighted by Crippen LogP contribution is -2.37. The molecule has 0 spiro atoms. The van der Waals surface area contributed by atoms with E-state index in [2.05, 4.69) is 20.8 Å². The zero-order chi connectivity index (χ0) is 16.1. The van der Waals surface area contributed by atoms with E-state index >= 15 is 0 Å². The third-order valence-electron chi connectivity index (χ3n) is 3.75. The molecule has 3 rings (SSSR count). The zero-order valence-electron chi connectivity index (χ0n) is 12.9. The van der Waals surface area contributed by atoms with Gasteiger partial charge in [-0.3, -0.25) is 4.79 Å². The van der Waals surface area contributed by atoms with Crippen LogP contribution >= 0.6 is 23.1 Å². The van der Waals surface area contributed by atoms with Crippen LogP contribution in [-0.4, -0.2) is 27.4 Å². The summed E-state index contributed by atoms with van der Waals surface area (Å²) in [5.41, 5.74) is 0. The maximum atomic E-state index is 12.2. The summed E-state index contributed by atoms with van der Waals surface area (Å²) in [6, 6.07) is 4.10. The number of thioether (sulfide) groups is 1. The molecule has 23 heavy (non-hydrogen) atoms. The molecule has 2 aromatic heterocycles. The molecular weight excluding hydrogens is 332 g/mol. The topological polar surface area (TPSA) is 80.1 Å². The SMILES string of the molecule is C[C@H](Sc1nnc(NCc2ccco2)s1)C(=O)NC1CCCC1. The highest BCUT2D eigenvalue weighted by Crippen LogP contribution is 2.29. The van der Waals surface area contributed by atoms with Gasteiger partial charge in [-0.25, -0.2) is 0 Å². The van der Waals surface area contributed by atoms with Gasteiger partial charge in [0, 0.05) is 6.04 Å². The Morgan fingerprint density at radius 3 is 3.04 bits per heavy atom. The second kappa shape index (κ2) is 7.83. The van der Waals surface area contributed by atoms with Gasteiger partial charge in [-0.05, 0) is 31.9 Å². The first kappa shape index (κ1) is 16.3. The molecule has 1 aliphatic carbocycles. The Labute approximate surface area is 143 Å². The summed E-state index contributed by atoms with van der Waals surface area (Å²) in [5.74, 6) is 0.931. The van der Waals surface area contributed by atoms with Crippen molar-refractivity contribution in [3.8, 4) is 0 Å². The number of aromatic nitrogens is 2. The standard InChI is InChI=1S/C15H20N4O2S2/c1-10(13(20)17-11-5-2-3-6-11)22-15-19-18-14(23-15)16-9-12-7-4-8-21-12/h4,7-8,10-11H,2-3,5-6,9H2,1H3,(H,16,18)(H,17,20)/t10-/m0/s1. The first-order valence-electron chi connectivity index (χ1n) is 7.77. The molecule has 0 aliphatic heterocycles. The van der Waals surface area contributed by atoms with Gasteiger partial charge in [0.05, 0.1) is 18.1 Å². The van der Waals surface area contributed by atoms with Crippen LogP contribution in [-0.2, 0) is 11.3 Å². The van der Waals surface area contributed by atoms with E-state index in [9.17, 15) is 4.79 Å². The van der Waals surface area contributed by atoms with Gasteiger partial charge >= 0.3 is 0 Å². The molecule has 2 heterocycles. The Hall–Kier alpha value is -1.54. The summed E-state index contributed by atoms with van der Waals surface area (Å²) in [6.07, 6.45) is 6.27. The number of carbonyl (C=O) groups excluding carboxylic acids is 1. The molecule has 124 valence electrons. The molecule has 1 fully saturated rings. The monoisotopic (exact) mass is 352 g/mol. The van der Waals surface area contributed by atoms with E-state index in [0.717, 1.165) is 28.1 Å². The van der Waals surface area contributed by atoms with Crippen molar-refractivity contribution in [3.05, 3.63) is 24.2 Å². The summed E-state index contributed by atoms with van der Waals surface area (Å²) in [6.45, 7) is 2.48. The number of anilines is 1. The number of amides is 1. The Morgan fingerprint density at radius 2 is 2.30 bits per heavy atom. The van der Waals surface area contributed by atoms with Crippen LogP contribution in [0.3, 0.4) is 0 Å². The fourth-order valence-electron chi connectivity index (χ4n) is 2.50. The minimum Gasteiger partial charge on any atom is -0.467 e. The van der Waals surface area contributed by atoms with Crippen LogP contribution in [0.1, 0.15) is 38.4 Å². The maximum Gasteiger partial charge on any atom is 0.233 e. The number of rotatable bonds is 7. The number of hydrogen-bond acceptors (Lipinski definition) is 7. The Kier molecular flexibility index (Phi) is 5.56. The highest BCUT2D eigenvalue weighted by molar-refractivity contribution is 8.02.